The third-order valence-electron chi connectivity index (χ3n) is 6.31. The van der Waals surface area contributed by atoms with E-state index in [1.54, 1.807) is 42.5 Å². The molecule has 1 aromatic heterocycles. The Balaban J connectivity index is 1.70. The van der Waals surface area contributed by atoms with Gasteiger partial charge in [-0.3, -0.25) is 14.5 Å². The molecule has 1 N–H and O–H groups in total. The predicted molar refractivity (Wildman–Crippen MR) is 151 cm³/mol. The van der Waals surface area contributed by atoms with Crippen molar-refractivity contribution in [3.8, 4) is 17.2 Å². The molecule has 1 amide bonds. The molecule has 0 radical (unpaired) electrons. The molecule has 1 saturated heterocycles. The summed E-state index contributed by atoms with van der Waals surface area (Å²) in [6.45, 7) is 6.80. The van der Waals surface area contributed by atoms with Crippen LogP contribution in [0.1, 0.15) is 37.9 Å². The molecule has 0 bridgehead atoms. The molecule has 0 spiro atoms. The lowest BCUT2D eigenvalue weighted by atomic mass is 9.95. The van der Waals surface area contributed by atoms with Gasteiger partial charge in [0.1, 0.15) is 17.3 Å². The van der Waals surface area contributed by atoms with E-state index in [2.05, 4.69) is 4.98 Å². The molecule has 40 heavy (non-hydrogen) atoms. The molecule has 1 aliphatic heterocycles. The van der Waals surface area contributed by atoms with E-state index >= 15 is 0 Å². The molecule has 4 aromatic rings. The average Bonchev–Trinajstić information content (AvgIpc) is 3.47. The van der Waals surface area contributed by atoms with E-state index in [1.807, 2.05) is 20.8 Å². The highest BCUT2D eigenvalue weighted by atomic mass is 32.1. The largest absolute Gasteiger partial charge is 0.507 e. The Morgan fingerprint density at radius 3 is 2.33 bits per heavy atom. The number of ketones is 1. The minimum atomic E-state index is -1.04. The number of hydrogen-bond acceptors (Lipinski definition) is 8. The van der Waals surface area contributed by atoms with Crippen molar-refractivity contribution in [2.24, 2.45) is 0 Å². The van der Waals surface area contributed by atoms with Gasteiger partial charge in [0.15, 0.2) is 16.6 Å². The molecule has 5 rings (SSSR count). The molecule has 3 aromatic carbocycles. The fraction of sp³-hybridized carbons (Fsp3) is 0.233. The highest BCUT2D eigenvalue weighted by Gasteiger charge is 2.48. The number of fused-ring (bicyclic) bond motifs is 1. The summed E-state index contributed by atoms with van der Waals surface area (Å²) in [6, 6.07) is 14.8. The molecule has 10 heteroatoms. The van der Waals surface area contributed by atoms with Crippen LogP contribution in [0.3, 0.4) is 0 Å². The number of aliphatic hydroxyl groups is 1. The summed E-state index contributed by atoms with van der Waals surface area (Å²) in [5.74, 6) is -0.965. The SMILES string of the molecule is CCOc1ccc(/C(O)=C2\C(=O)C(=O)N(c3nc4ccc(F)cc4s3)C2c2ccc(OCC)c(OCC)c2)cc1. The van der Waals surface area contributed by atoms with Gasteiger partial charge in [0, 0.05) is 5.56 Å². The fourth-order valence-electron chi connectivity index (χ4n) is 4.60. The molecule has 0 aliphatic carbocycles. The average molecular weight is 563 g/mol. The lowest BCUT2D eigenvalue weighted by Gasteiger charge is -2.24. The van der Waals surface area contributed by atoms with Crippen LogP contribution in [0.5, 0.6) is 17.2 Å². The third kappa shape index (κ3) is 4.98. The van der Waals surface area contributed by atoms with Crippen molar-refractivity contribution in [1.29, 1.82) is 0 Å². The Hall–Kier alpha value is -4.44. The first-order chi connectivity index (χ1) is 19.4. The lowest BCUT2D eigenvalue weighted by molar-refractivity contribution is -0.132. The highest BCUT2D eigenvalue weighted by molar-refractivity contribution is 7.22. The first kappa shape index (κ1) is 27.1. The quantitative estimate of drug-likeness (QED) is 0.146. The van der Waals surface area contributed by atoms with E-state index < -0.39 is 23.5 Å². The zero-order chi connectivity index (χ0) is 28.4. The summed E-state index contributed by atoms with van der Waals surface area (Å²) in [5, 5.41) is 11.6. The topological polar surface area (TPSA) is 98.2 Å². The van der Waals surface area contributed by atoms with Crippen LogP contribution in [-0.2, 0) is 9.59 Å². The standard InChI is InChI=1S/C30H27FN2O6S/c1-4-37-20-11-7-17(8-12-20)27(34)25-26(18-9-14-22(38-5-2)23(15-18)39-6-3)33(29(36)28(25)35)30-32-21-13-10-19(31)16-24(21)40-30/h7-16,26,34H,4-6H2,1-3H3/b27-25+. The number of benzene rings is 3. The van der Waals surface area contributed by atoms with Crippen LogP contribution in [0, 0.1) is 5.82 Å². The molecule has 1 aliphatic rings. The van der Waals surface area contributed by atoms with E-state index in [1.165, 1.54) is 23.1 Å². The number of thiazole rings is 1. The molecule has 1 fully saturated rings. The first-order valence-electron chi connectivity index (χ1n) is 12.9. The summed E-state index contributed by atoms with van der Waals surface area (Å²) in [6.07, 6.45) is 0. The molecular weight excluding hydrogens is 535 g/mol. The maximum atomic E-state index is 13.9. The molecule has 0 saturated carbocycles. The van der Waals surface area contributed by atoms with Gasteiger partial charge in [0.05, 0.1) is 41.7 Å². The van der Waals surface area contributed by atoms with E-state index in [9.17, 15) is 19.1 Å². The highest BCUT2D eigenvalue weighted by Crippen LogP contribution is 2.46. The number of ether oxygens (including phenoxy) is 3. The van der Waals surface area contributed by atoms with E-state index in [-0.39, 0.29) is 16.5 Å². The van der Waals surface area contributed by atoms with Crippen LogP contribution in [0.15, 0.2) is 66.2 Å². The summed E-state index contributed by atoms with van der Waals surface area (Å²) in [5.41, 5.74) is 1.22. The number of carbonyl (C=O) groups is 2. The fourth-order valence-corrected chi connectivity index (χ4v) is 5.62. The van der Waals surface area contributed by atoms with Crippen LogP contribution in [0.2, 0.25) is 0 Å². The number of aliphatic hydroxyl groups excluding tert-OH is 1. The van der Waals surface area contributed by atoms with E-state index in [0.29, 0.717) is 58.4 Å². The second kappa shape index (κ2) is 11.4. The summed E-state index contributed by atoms with van der Waals surface area (Å²) in [4.78, 5) is 32.9. The van der Waals surface area contributed by atoms with E-state index in [0.717, 1.165) is 11.3 Å². The van der Waals surface area contributed by atoms with Gasteiger partial charge in [0.2, 0.25) is 0 Å². The van der Waals surface area contributed by atoms with Gasteiger partial charge in [-0.25, -0.2) is 9.37 Å². The van der Waals surface area contributed by atoms with Crippen molar-refractivity contribution in [3.63, 3.8) is 0 Å². The molecular formula is C30H27FN2O6S. The molecule has 206 valence electrons. The maximum absolute atomic E-state index is 13.9. The molecule has 2 heterocycles. The Bertz CT molecular complexity index is 1610. The lowest BCUT2D eigenvalue weighted by Crippen LogP contribution is -2.29. The number of rotatable bonds is 9. The van der Waals surface area contributed by atoms with Gasteiger partial charge >= 0.3 is 5.91 Å². The van der Waals surface area contributed by atoms with Crippen LogP contribution in [0.25, 0.3) is 16.0 Å². The summed E-state index contributed by atoms with van der Waals surface area (Å²) in [7, 11) is 0. The van der Waals surface area contributed by atoms with Gasteiger partial charge < -0.3 is 19.3 Å². The van der Waals surface area contributed by atoms with E-state index in [4.69, 9.17) is 14.2 Å². The van der Waals surface area contributed by atoms with Crippen molar-refractivity contribution < 1.29 is 33.3 Å². The third-order valence-corrected chi connectivity index (χ3v) is 7.33. The van der Waals surface area contributed by atoms with Crippen molar-refractivity contribution in [1.82, 2.24) is 4.98 Å². The Morgan fingerprint density at radius 1 is 0.925 bits per heavy atom. The minimum Gasteiger partial charge on any atom is -0.507 e. The van der Waals surface area contributed by atoms with Crippen LogP contribution in [0.4, 0.5) is 9.52 Å². The molecule has 1 unspecified atom stereocenters. The second-order valence-electron chi connectivity index (χ2n) is 8.81. The molecule has 8 nitrogen and oxygen atoms in total. The summed E-state index contributed by atoms with van der Waals surface area (Å²) >= 11 is 1.08. The van der Waals surface area contributed by atoms with Crippen LogP contribution < -0.4 is 19.1 Å². The Morgan fingerprint density at radius 2 is 1.62 bits per heavy atom. The van der Waals surface area contributed by atoms with Crippen molar-refractivity contribution in [2.75, 3.05) is 24.7 Å². The van der Waals surface area contributed by atoms with Gasteiger partial charge in [-0.05, 0) is 80.9 Å². The van der Waals surface area contributed by atoms with Crippen LogP contribution in [-0.4, -0.2) is 41.6 Å². The second-order valence-corrected chi connectivity index (χ2v) is 9.82. The van der Waals surface area contributed by atoms with Gasteiger partial charge in [-0.1, -0.05) is 17.4 Å². The number of aromatic nitrogens is 1. The normalized spacial score (nSPS) is 16.5. The first-order valence-corrected chi connectivity index (χ1v) is 13.7. The number of amides is 1. The predicted octanol–water partition coefficient (Wildman–Crippen LogP) is 6.26. The number of carbonyl (C=O) groups excluding carboxylic acids is 2. The summed E-state index contributed by atoms with van der Waals surface area (Å²) < 4.78 is 31.4. The van der Waals surface area contributed by atoms with Gasteiger partial charge in [-0.2, -0.15) is 0 Å². The Labute approximate surface area is 234 Å². The van der Waals surface area contributed by atoms with Gasteiger partial charge in [-0.15, -0.1) is 0 Å². The monoisotopic (exact) mass is 562 g/mol. The minimum absolute atomic E-state index is 0.105. The van der Waals surface area contributed by atoms with Crippen LogP contribution >= 0.6 is 11.3 Å². The van der Waals surface area contributed by atoms with Crippen molar-refractivity contribution >= 4 is 44.1 Å². The number of hydrogen-bond donors (Lipinski definition) is 1. The number of nitrogens with zero attached hydrogens (tertiary/aromatic N) is 2. The van der Waals surface area contributed by atoms with Crippen molar-refractivity contribution in [3.05, 3.63) is 83.2 Å². The Kier molecular flexibility index (Phi) is 7.70. The van der Waals surface area contributed by atoms with Crippen molar-refractivity contribution in [2.45, 2.75) is 26.8 Å². The smallest absolute Gasteiger partial charge is 0.301 e. The number of halogens is 1. The van der Waals surface area contributed by atoms with Gasteiger partial charge in [0.25, 0.3) is 5.78 Å². The molecule has 1 atom stereocenters. The zero-order valence-electron chi connectivity index (χ0n) is 22.1. The number of anilines is 1. The zero-order valence-corrected chi connectivity index (χ0v) is 23.0. The maximum Gasteiger partial charge on any atom is 0.301 e. The number of Topliss-reactive ketones (excluding diaryl/α,β-unsaturated/α-hetero) is 1.